The fourth-order valence-corrected chi connectivity index (χ4v) is 3.52. The van der Waals surface area contributed by atoms with E-state index in [-0.39, 0.29) is 11.8 Å². The maximum atomic E-state index is 12.3. The topological polar surface area (TPSA) is 76.7 Å². The molecule has 4 rings (SSSR count). The number of rotatable bonds is 9. The van der Waals surface area contributed by atoms with Crippen molar-refractivity contribution < 1.29 is 19.1 Å². The van der Waals surface area contributed by atoms with Gasteiger partial charge >= 0.3 is 0 Å². The summed E-state index contributed by atoms with van der Waals surface area (Å²) in [5.74, 6) is 2.26. The second kappa shape index (κ2) is 10.5. The lowest BCUT2D eigenvalue weighted by Crippen LogP contribution is -2.23. The summed E-state index contributed by atoms with van der Waals surface area (Å²) in [6.07, 6.45) is 2.21. The van der Waals surface area contributed by atoms with Gasteiger partial charge in [0.1, 0.15) is 17.2 Å². The number of hydrogen-bond donors (Lipinski definition) is 2. The van der Waals surface area contributed by atoms with Crippen LogP contribution in [0.3, 0.4) is 0 Å². The van der Waals surface area contributed by atoms with Crippen LogP contribution >= 0.6 is 0 Å². The molecule has 2 N–H and O–H groups in total. The molecule has 6 heteroatoms. The van der Waals surface area contributed by atoms with Gasteiger partial charge in [0.05, 0.1) is 6.61 Å². The highest BCUT2D eigenvalue weighted by Crippen LogP contribution is 2.27. The first-order chi connectivity index (χ1) is 15.7. The van der Waals surface area contributed by atoms with E-state index < -0.39 is 0 Å². The highest BCUT2D eigenvalue weighted by molar-refractivity contribution is 5.94. The van der Waals surface area contributed by atoms with E-state index in [2.05, 4.69) is 10.6 Å². The third-order valence-electron chi connectivity index (χ3n) is 5.21. The number of anilines is 1. The summed E-state index contributed by atoms with van der Waals surface area (Å²) in [6, 6.07) is 22.9. The van der Waals surface area contributed by atoms with Crippen LogP contribution in [0.1, 0.15) is 30.4 Å². The predicted octanol–water partition coefficient (Wildman–Crippen LogP) is 4.84. The van der Waals surface area contributed by atoms with Crippen LogP contribution in [0.4, 0.5) is 5.69 Å². The number of aryl methyl sites for hydroxylation is 1. The van der Waals surface area contributed by atoms with Crippen molar-refractivity contribution in [3.8, 4) is 17.2 Å². The molecule has 2 amide bonds. The molecule has 1 aliphatic heterocycles. The monoisotopic (exact) mass is 430 g/mol. The van der Waals surface area contributed by atoms with Gasteiger partial charge in [-0.3, -0.25) is 9.59 Å². The zero-order valence-electron chi connectivity index (χ0n) is 17.8. The molecule has 0 saturated heterocycles. The van der Waals surface area contributed by atoms with E-state index in [0.29, 0.717) is 32.4 Å². The Morgan fingerprint density at radius 3 is 2.62 bits per heavy atom. The van der Waals surface area contributed by atoms with Crippen LogP contribution < -0.4 is 20.1 Å². The van der Waals surface area contributed by atoms with Crippen molar-refractivity contribution in [2.75, 3.05) is 11.9 Å². The van der Waals surface area contributed by atoms with E-state index in [4.69, 9.17) is 9.47 Å². The second-order valence-corrected chi connectivity index (χ2v) is 7.62. The highest BCUT2D eigenvalue weighted by Gasteiger charge is 2.15. The molecule has 3 aromatic rings. The summed E-state index contributed by atoms with van der Waals surface area (Å²) in [6.45, 7) is 0.853. The Kier molecular flexibility index (Phi) is 7.02. The summed E-state index contributed by atoms with van der Waals surface area (Å²) in [5.41, 5.74) is 2.85. The Bertz CT molecular complexity index is 1080. The van der Waals surface area contributed by atoms with Gasteiger partial charge in [0, 0.05) is 30.6 Å². The predicted molar refractivity (Wildman–Crippen MR) is 123 cm³/mol. The van der Waals surface area contributed by atoms with Crippen LogP contribution in [0, 0.1) is 0 Å². The van der Waals surface area contributed by atoms with Gasteiger partial charge in [-0.15, -0.1) is 0 Å². The first-order valence-corrected chi connectivity index (χ1v) is 10.8. The van der Waals surface area contributed by atoms with Crippen molar-refractivity contribution in [3.05, 3.63) is 83.9 Å². The maximum Gasteiger partial charge on any atom is 0.224 e. The lowest BCUT2D eigenvalue weighted by atomic mass is 10.0. The van der Waals surface area contributed by atoms with Gasteiger partial charge in [-0.1, -0.05) is 36.4 Å². The van der Waals surface area contributed by atoms with E-state index in [0.717, 1.165) is 40.5 Å². The molecule has 0 atom stereocenters. The number of para-hydroxylation sites is 2. The van der Waals surface area contributed by atoms with Gasteiger partial charge in [0.2, 0.25) is 11.8 Å². The first kappa shape index (κ1) is 21.4. The molecule has 6 nitrogen and oxygen atoms in total. The molecule has 0 aromatic heterocycles. The standard InChI is InChI=1S/C26H26N2O4/c29-25(11-6-16-31-22-13-14-23-19(17-22)12-15-26(30)28-23)27-18-20-7-4-5-10-24(20)32-21-8-2-1-3-9-21/h1-5,7-10,13-14,17H,6,11-12,15-16,18H2,(H,27,29)(H,28,30). The van der Waals surface area contributed by atoms with Crippen LogP contribution in [0.25, 0.3) is 0 Å². The smallest absolute Gasteiger partial charge is 0.224 e. The molecule has 0 saturated carbocycles. The molecule has 0 unspecified atom stereocenters. The van der Waals surface area contributed by atoms with Gasteiger partial charge in [0.25, 0.3) is 0 Å². The number of nitrogens with one attached hydrogen (secondary N) is 2. The average Bonchev–Trinajstić information content (AvgIpc) is 2.82. The molecule has 0 spiro atoms. The first-order valence-electron chi connectivity index (χ1n) is 10.8. The zero-order chi connectivity index (χ0) is 22.2. The van der Waals surface area contributed by atoms with Gasteiger partial charge in [-0.25, -0.2) is 0 Å². The average molecular weight is 431 g/mol. The Morgan fingerprint density at radius 1 is 0.938 bits per heavy atom. The van der Waals surface area contributed by atoms with Gasteiger partial charge in [-0.05, 0) is 54.8 Å². The van der Waals surface area contributed by atoms with E-state index in [1.54, 1.807) is 0 Å². The van der Waals surface area contributed by atoms with Gasteiger partial charge in [0.15, 0.2) is 0 Å². The minimum atomic E-state index is -0.0312. The second-order valence-electron chi connectivity index (χ2n) is 7.62. The third kappa shape index (κ3) is 5.88. The molecule has 0 aliphatic carbocycles. The van der Waals surface area contributed by atoms with Crippen molar-refractivity contribution in [2.45, 2.75) is 32.2 Å². The summed E-state index contributed by atoms with van der Waals surface area (Å²) >= 11 is 0. The van der Waals surface area contributed by atoms with Crippen molar-refractivity contribution >= 4 is 17.5 Å². The molecular weight excluding hydrogens is 404 g/mol. The SMILES string of the molecule is O=C(CCCOc1ccc2c(c1)CCC(=O)N2)NCc1ccccc1Oc1ccccc1. The number of carbonyl (C=O) groups is 2. The maximum absolute atomic E-state index is 12.3. The van der Waals surface area contributed by atoms with Crippen LogP contribution in [-0.2, 0) is 22.6 Å². The third-order valence-corrected chi connectivity index (χ3v) is 5.21. The van der Waals surface area contributed by atoms with Crippen LogP contribution in [0.15, 0.2) is 72.8 Å². The van der Waals surface area contributed by atoms with E-state index >= 15 is 0 Å². The molecule has 3 aromatic carbocycles. The Labute approximate surface area is 187 Å². The number of ether oxygens (including phenoxy) is 2. The fourth-order valence-electron chi connectivity index (χ4n) is 3.52. The number of carbonyl (C=O) groups excluding carboxylic acids is 2. The lowest BCUT2D eigenvalue weighted by Gasteiger charge is -2.17. The lowest BCUT2D eigenvalue weighted by molar-refractivity contribution is -0.121. The Balaban J connectivity index is 1.20. The minimum Gasteiger partial charge on any atom is -0.494 e. The van der Waals surface area contributed by atoms with Crippen LogP contribution in [0.2, 0.25) is 0 Å². The number of amides is 2. The molecule has 164 valence electrons. The van der Waals surface area contributed by atoms with Crippen molar-refractivity contribution in [1.29, 1.82) is 0 Å². The summed E-state index contributed by atoms with van der Waals surface area (Å²) < 4.78 is 11.7. The summed E-state index contributed by atoms with van der Waals surface area (Å²) in [5, 5.41) is 5.81. The van der Waals surface area contributed by atoms with Crippen molar-refractivity contribution in [1.82, 2.24) is 5.32 Å². The molecule has 0 fully saturated rings. The highest BCUT2D eigenvalue weighted by atomic mass is 16.5. The zero-order valence-corrected chi connectivity index (χ0v) is 17.8. The van der Waals surface area contributed by atoms with E-state index in [9.17, 15) is 9.59 Å². The quantitative estimate of drug-likeness (QED) is 0.476. The Morgan fingerprint density at radius 2 is 1.75 bits per heavy atom. The molecule has 0 bridgehead atoms. The fraction of sp³-hybridized carbons (Fsp3) is 0.231. The molecule has 0 radical (unpaired) electrons. The van der Waals surface area contributed by atoms with E-state index in [1.165, 1.54) is 0 Å². The molecule has 32 heavy (non-hydrogen) atoms. The van der Waals surface area contributed by atoms with Crippen LogP contribution in [-0.4, -0.2) is 18.4 Å². The normalized spacial score (nSPS) is 12.4. The van der Waals surface area contributed by atoms with Gasteiger partial charge < -0.3 is 20.1 Å². The van der Waals surface area contributed by atoms with Crippen molar-refractivity contribution in [3.63, 3.8) is 0 Å². The van der Waals surface area contributed by atoms with Crippen molar-refractivity contribution in [2.24, 2.45) is 0 Å². The number of benzene rings is 3. The number of hydrogen-bond acceptors (Lipinski definition) is 4. The Hall–Kier alpha value is -3.80. The van der Waals surface area contributed by atoms with Gasteiger partial charge in [-0.2, -0.15) is 0 Å². The largest absolute Gasteiger partial charge is 0.494 e. The summed E-state index contributed by atoms with van der Waals surface area (Å²) in [7, 11) is 0. The van der Waals surface area contributed by atoms with E-state index in [1.807, 2.05) is 72.8 Å². The molecular formula is C26H26N2O4. The van der Waals surface area contributed by atoms with Crippen LogP contribution in [0.5, 0.6) is 17.2 Å². The summed E-state index contributed by atoms with van der Waals surface area (Å²) in [4.78, 5) is 23.7. The minimum absolute atomic E-state index is 0.0312. The molecule has 1 heterocycles. The molecule has 1 aliphatic rings. The number of fused-ring (bicyclic) bond motifs is 1.